The van der Waals surface area contributed by atoms with E-state index in [0.717, 1.165) is 0 Å². The molecule has 1 aromatic rings. The van der Waals surface area contributed by atoms with Crippen molar-refractivity contribution in [1.82, 2.24) is 4.57 Å². The van der Waals surface area contributed by atoms with E-state index in [-0.39, 0.29) is 0 Å². The number of aryl methyl sites for hydroxylation is 2. The minimum atomic E-state index is 1.23. The molecule has 0 unspecified atom stereocenters. The Morgan fingerprint density at radius 1 is 0.395 bits per heavy atom. The van der Waals surface area contributed by atoms with E-state index in [1.165, 1.54) is 225 Å². The van der Waals surface area contributed by atoms with E-state index in [0.29, 0.717) is 0 Å². The lowest BCUT2D eigenvalue weighted by Crippen LogP contribution is -2.37. The first kappa shape index (κ1) is 40.2. The minimum Gasteiger partial charge on any atom is -0.234 e. The van der Waals surface area contributed by atoms with Gasteiger partial charge in [-0.05, 0) is 32.1 Å². The van der Waals surface area contributed by atoms with Gasteiger partial charge in [0.05, 0.1) is 13.1 Å². The fraction of sp³-hybridized carbons (Fsp3) is 0.927. The SMILES string of the molecule is CCCCCCCCCCCCCCCc1n(CCCCCCCCCCCC)cc[n+]1CCCCCCCCCCC. The lowest BCUT2D eigenvalue weighted by atomic mass is 10.0. The van der Waals surface area contributed by atoms with Gasteiger partial charge in [0.25, 0.3) is 5.82 Å². The highest BCUT2D eigenvalue weighted by molar-refractivity contribution is 4.84. The Hall–Kier alpha value is -0.790. The molecule has 1 aromatic heterocycles. The first-order valence-electron chi connectivity index (χ1n) is 20.4. The summed E-state index contributed by atoms with van der Waals surface area (Å²) in [5, 5.41) is 0. The van der Waals surface area contributed by atoms with Crippen molar-refractivity contribution in [2.75, 3.05) is 0 Å². The third-order valence-corrected chi connectivity index (χ3v) is 9.85. The van der Waals surface area contributed by atoms with Crippen LogP contribution in [0.15, 0.2) is 12.4 Å². The molecule has 0 aliphatic carbocycles. The third-order valence-electron chi connectivity index (χ3n) is 9.85. The fourth-order valence-electron chi connectivity index (χ4n) is 6.86. The molecule has 0 atom stereocenters. The van der Waals surface area contributed by atoms with Crippen LogP contribution in [0.4, 0.5) is 0 Å². The fourth-order valence-corrected chi connectivity index (χ4v) is 6.86. The molecule has 0 aromatic carbocycles. The molecule has 0 saturated heterocycles. The Morgan fingerprint density at radius 3 is 1.12 bits per heavy atom. The van der Waals surface area contributed by atoms with Crippen molar-refractivity contribution in [1.29, 1.82) is 0 Å². The second-order valence-electron chi connectivity index (χ2n) is 14.1. The summed E-state index contributed by atoms with van der Waals surface area (Å²) in [7, 11) is 0. The van der Waals surface area contributed by atoms with Crippen LogP contribution < -0.4 is 4.57 Å². The van der Waals surface area contributed by atoms with Gasteiger partial charge in [-0.25, -0.2) is 9.13 Å². The molecule has 0 aliphatic heterocycles. The molecule has 1 rings (SSSR count). The van der Waals surface area contributed by atoms with Gasteiger partial charge in [0.2, 0.25) is 0 Å². The molecule has 1 heterocycles. The quantitative estimate of drug-likeness (QED) is 0.0540. The maximum Gasteiger partial charge on any atom is 0.256 e. The van der Waals surface area contributed by atoms with Gasteiger partial charge in [-0.3, -0.25) is 0 Å². The monoisotopic (exact) mass is 602 g/mol. The molecular weight excluding hydrogens is 520 g/mol. The van der Waals surface area contributed by atoms with Gasteiger partial charge in [0.15, 0.2) is 0 Å². The Labute approximate surface area is 272 Å². The second-order valence-corrected chi connectivity index (χ2v) is 14.1. The molecule has 254 valence electrons. The molecule has 0 saturated carbocycles. The molecule has 0 fully saturated rings. The zero-order chi connectivity index (χ0) is 30.9. The zero-order valence-electron chi connectivity index (χ0n) is 30.3. The van der Waals surface area contributed by atoms with Gasteiger partial charge in [0, 0.05) is 6.42 Å². The number of aromatic nitrogens is 2. The highest BCUT2D eigenvalue weighted by Crippen LogP contribution is 2.15. The van der Waals surface area contributed by atoms with Gasteiger partial charge in [-0.2, -0.15) is 0 Å². The van der Waals surface area contributed by atoms with Crippen LogP contribution in [0.5, 0.6) is 0 Å². The van der Waals surface area contributed by atoms with Crippen molar-refractivity contribution in [3.05, 3.63) is 18.2 Å². The predicted octanol–water partition coefficient (Wildman–Crippen LogP) is 13.9. The summed E-state index contributed by atoms with van der Waals surface area (Å²) >= 11 is 0. The first-order valence-corrected chi connectivity index (χ1v) is 20.4. The Balaban J connectivity index is 2.30. The Bertz CT molecular complexity index is 663. The lowest BCUT2D eigenvalue weighted by molar-refractivity contribution is -0.704. The summed E-state index contributed by atoms with van der Waals surface area (Å²) in [6, 6.07) is 0. The number of rotatable bonds is 35. The van der Waals surface area contributed by atoms with Gasteiger partial charge in [-0.15, -0.1) is 0 Å². The van der Waals surface area contributed by atoms with E-state index in [1.807, 2.05) is 0 Å². The van der Waals surface area contributed by atoms with E-state index in [2.05, 4.69) is 42.3 Å². The predicted molar refractivity (Wildman–Crippen MR) is 193 cm³/mol. The summed E-state index contributed by atoms with van der Waals surface area (Å²) < 4.78 is 5.27. The highest BCUT2D eigenvalue weighted by Gasteiger charge is 2.16. The van der Waals surface area contributed by atoms with Crippen LogP contribution >= 0.6 is 0 Å². The molecule has 2 heteroatoms. The van der Waals surface area contributed by atoms with Crippen molar-refractivity contribution in [2.45, 2.75) is 246 Å². The number of hydrogen-bond acceptors (Lipinski definition) is 0. The van der Waals surface area contributed by atoms with Crippen LogP contribution in [-0.2, 0) is 19.5 Å². The van der Waals surface area contributed by atoms with Gasteiger partial charge < -0.3 is 0 Å². The average Bonchev–Trinajstić information content (AvgIpc) is 3.40. The zero-order valence-corrected chi connectivity index (χ0v) is 30.3. The second kappa shape index (κ2) is 32.6. The number of nitrogens with zero attached hydrogens (tertiary/aromatic N) is 2. The average molecular weight is 602 g/mol. The highest BCUT2D eigenvalue weighted by atomic mass is 15.1. The normalized spacial score (nSPS) is 11.6. The van der Waals surface area contributed by atoms with Crippen LogP contribution in [-0.4, -0.2) is 4.57 Å². The van der Waals surface area contributed by atoms with Crippen molar-refractivity contribution in [3.63, 3.8) is 0 Å². The first-order chi connectivity index (χ1) is 21.3. The Morgan fingerprint density at radius 2 is 0.721 bits per heavy atom. The largest absolute Gasteiger partial charge is 0.256 e. The van der Waals surface area contributed by atoms with Gasteiger partial charge in [0.1, 0.15) is 12.4 Å². The van der Waals surface area contributed by atoms with Crippen LogP contribution in [0, 0.1) is 0 Å². The summed E-state index contributed by atoms with van der Waals surface area (Å²) in [5.74, 6) is 1.62. The molecule has 2 nitrogen and oxygen atoms in total. The van der Waals surface area contributed by atoms with Crippen LogP contribution in [0.3, 0.4) is 0 Å². The standard InChI is InChI=1S/C41H81N2/c1-4-7-10-13-16-19-21-22-23-24-27-30-33-36-41-42(37-34-31-28-25-18-15-12-9-6-3)39-40-43(41)38-35-32-29-26-20-17-14-11-8-5-2/h39-40H,4-38H2,1-3H3/q+1. The summed E-state index contributed by atoms with van der Waals surface area (Å²) in [4.78, 5) is 0. The summed E-state index contributed by atoms with van der Waals surface area (Å²) in [6.45, 7) is 9.40. The van der Waals surface area contributed by atoms with E-state index >= 15 is 0 Å². The van der Waals surface area contributed by atoms with Crippen molar-refractivity contribution < 1.29 is 4.57 Å². The molecule has 0 amide bonds. The topological polar surface area (TPSA) is 8.81 Å². The molecule has 43 heavy (non-hydrogen) atoms. The van der Waals surface area contributed by atoms with Crippen LogP contribution in [0.2, 0.25) is 0 Å². The number of imidazole rings is 1. The molecule has 0 N–H and O–H groups in total. The van der Waals surface area contributed by atoms with Gasteiger partial charge in [-0.1, -0.05) is 194 Å². The maximum atomic E-state index is 2.64. The third kappa shape index (κ3) is 25.1. The van der Waals surface area contributed by atoms with Crippen molar-refractivity contribution >= 4 is 0 Å². The molecule has 0 bridgehead atoms. The smallest absolute Gasteiger partial charge is 0.234 e. The van der Waals surface area contributed by atoms with E-state index in [4.69, 9.17) is 0 Å². The molecule has 0 aliphatic rings. The summed E-state index contributed by atoms with van der Waals surface area (Å²) in [5.41, 5.74) is 0. The number of hydrogen-bond donors (Lipinski definition) is 0. The number of unbranched alkanes of at least 4 members (excludes halogenated alkanes) is 29. The van der Waals surface area contributed by atoms with Crippen molar-refractivity contribution in [3.8, 4) is 0 Å². The van der Waals surface area contributed by atoms with Crippen molar-refractivity contribution in [2.24, 2.45) is 0 Å². The van der Waals surface area contributed by atoms with E-state index in [9.17, 15) is 0 Å². The molecular formula is C41H81N2+. The van der Waals surface area contributed by atoms with Crippen LogP contribution in [0.25, 0.3) is 0 Å². The molecule has 0 spiro atoms. The Kier molecular flexibility index (Phi) is 30.5. The summed E-state index contributed by atoms with van der Waals surface area (Å²) in [6.07, 6.45) is 51.9. The minimum absolute atomic E-state index is 1.23. The maximum absolute atomic E-state index is 2.64. The van der Waals surface area contributed by atoms with Gasteiger partial charge >= 0.3 is 0 Å². The van der Waals surface area contributed by atoms with Crippen LogP contribution in [0.1, 0.15) is 232 Å². The van der Waals surface area contributed by atoms with E-state index < -0.39 is 0 Å². The lowest BCUT2D eigenvalue weighted by Gasteiger charge is -2.07. The van der Waals surface area contributed by atoms with E-state index in [1.54, 1.807) is 5.82 Å². The molecule has 0 radical (unpaired) electrons.